The van der Waals surface area contributed by atoms with E-state index in [9.17, 15) is 9.18 Å². The second-order valence-corrected chi connectivity index (χ2v) is 4.48. The molecule has 19 heavy (non-hydrogen) atoms. The first kappa shape index (κ1) is 11.8. The molecular weight excluding hydrogens is 247 g/mol. The van der Waals surface area contributed by atoms with Gasteiger partial charge in [0.05, 0.1) is 5.71 Å². The van der Waals surface area contributed by atoms with Crippen LogP contribution in [0.5, 0.6) is 0 Å². The van der Waals surface area contributed by atoms with Gasteiger partial charge in [0.2, 0.25) is 0 Å². The van der Waals surface area contributed by atoms with Crippen molar-refractivity contribution in [2.75, 3.05) is 0 Å². The number of amidine groups is 1. The summed E-state index contributed by atoms with van der Waals surface area (Å²) >= 11 is 0. The van der Waals surface area contributed by atoms with E-state index in [1.807, 2.05) is 6.92 Å². The molecule has 98 valence electrons. The molecule has 5 nitrogen and oxygen atoms in total. The Morgan fingerprint density at radius 1 is 1.42 bits per heavy atom. The van der Waals surface area contributed by atoms with Gasteiger partial charge in [-0.1, -0.05) is 19.1 Å². The van der Waals surface area contributed by atoms with Gasteiger partial charge in [-0.25, -0.2) is 14.8 Å². The highest BCUT2D eigenvalue weighted by Gasteiger charge is 2.37. The van der Waals surface area contributed by atoms with E-state index < -0.39 is 0 Å². The predicted octanol–water partition coefficient (Wildman–Crippen LogP) is 1.46. The number of rotatable bonds is 2. The molecule has 0 saturated carbocycles. The number of carbonyl (C=O) groups excluding carboxylic acids is 1. The Morgan fingerprint density at radius 2 is 2.16 bits per heavy atom. The minimum Gasteiger partial charge on any atom is -0.271 e. The van der Waals surface area contributed by atoms with E-state index in [-0.39, 0.29) is 17.8 Å². The monoisotopic (exact) mass is 260 g/mol. The number of halogens is 1. The minimum absolute atomic E-state index is 0.155. The topological polar surface area (TPSA) is 57.1 Å². The molecule has 1 N–H and O–H groups in total. The third-order valence-corrected chi connectivity index (χ3v) is 3.27. The molecule has 6 heteroatoms. The molecule has 0 aliphatic carbocycles. The van der Waals surface area contributed by atoms with E-state index in [0.717, 1.165) is 17.1 Å². The smallest absolute Gasteiger partial charge is 0.265 e. The minimum atomic E-state index is -0.340. The fourth-order valence-electron chi connectivity index (χ4n) is 2.26. The highest BCUT2D eigenvalue weighted by molar-refractivity contribution is 6.08. The maximum Gasteiger partial charge on any atom is 0.265 e. The Bertz CT molecular complexity index is 579. The molecule has 1 aromatic rings. The second-order valence-electron chi connectivity index (χ2n) is 4.48. The lowest BCUT2D eigenvalue weighted by atomic mass is 10.0. The molecule has 0 saturated heterocycles. The number of hydrogen-bond acceptors (Lipinski definition) is 4. The summed E-state index contributed by atoms with van der Waals surface area (Å²) in [6.45, 7) is 1.96. The standard InChI is InChI=1S/C13H13FN4O/c1-2-12-15-16-13(19)11-7-10(17-18(11)12)8-3-5-9(14)6-4-8/h3-6,11H,2,7H2,1H3,(H,16,19). The molecule has 2 aliphatic heterocycles. The molecule has 0 aromatic heterocycles. The number of hydrogen-bond donors (Lipinski definition) is 1. The maximum atomic E-state index is 12.9. The highest BCUT2D eigenvalue weighted by atomic mass is 19.1. The largest absolute Gasteiger partial charge is 0.271 e. The van der Waals surface area contributed by atoms with Crippen LogP contribution in [0.3, 0.4) is 0 Å². The first-order valence-electron chi connectivity index (χ1n) is 6.18. The van der Waals surface area contributed by atoms with Gasteiger partial charge in [-0.3, -0.25) is 4.79 Å². The summed E-state index contributed by atoms with van der Waals surface area (Å²) in [7, 11) is 0. The van der Waals surface area contributed by atoms with E-state index in [4.69, 9.17) is 0 Å². The van der Waals surface area contributed by atoms with Crippen LogP contribution in [-0.4, -0.2) is 28.5 Å². The Morgan fingerprint density at radius 3 is 2.84 bits per heavy atom. The van der Waals surface area contributed by atoms with Crippen molar-refractivity contribution in [3.63, 3.8) is 0 Å². The fraction of sp³-hybridized carbons (Fsp3) is 0.308. The van der Waals surface area contributed by atoms with Crippen LogP contribution in [0, 0.1) is 5.82 Å². The van der Waals surface area contributed by atoms with E-state index in [2.05, 4.69) is 15.6 Å². The van der Waals surface area contributed by atoms with Crippen LogP contribution in [0.15, 0.2) is 34.5 Å². The molecule has 1 atom stereocenters. The summed E-state index contributed by atoms with van der Waals surface area (Å²) in [5.74, 6) is 0.299. The number of nitrogens with one attached hydrogen (secondary N) is 1. The van der Waals surface area contributed by atoms with Crippen LogP contribution in [0.25, 0.3) is 0 Å². The Hall–Kier alpha value is -2.24. The summed E-state index contributed by atoms with van der Waals surface area (Å²) in [5, 5.41) is 10.1. The van der Waals surface area contributed by atoms with E-state index in [0.29, 0.717) is 12.8 Å². The van der Waals surface area contributed by atoms with Gasteiger partial charge in [-0.05, 0) is 17.7 Å². The lowest BCUT2D eigenvalue weighted by molar-refractivity contribution is -0.125. The zero-order valence-corrected chi connectivity index (χ0v) is 10.4. The molecule has 2 aliphatic rings. The quantitative estimate of drug-likeness (QED) is 0.875. The van der Waals surface area contributed by atoms with Crippen LogP contribution >= 0.6 is 0 Å². The zero-order chi connectivity index (χ0) is 13.4. The Labute approximate surface area is 109 Å². The molecule has 0 fully saturated rings. The van der Waals surface area contributed by atoms with Gasteiger partial charge in [0.15, 0.2) is 0 Å². The number of fused-ring (bicyclic) bond motifs is 1. The number of amides is 1. The van der Waals surface area contributed by atoms with Crippen molar-refractivity contribution in [1.29, 1.82) is 0 Å². The van der Waals surface area contributed by atoms with Gasteiger partial charge in [0.25, 0.3) is 5.91 Å². The Kier molecular flexibility index (Phi) is 2.77. The molecule has 1 aromatic carbocycles. The third kappa shape index (κ3) is 1.99. The van der Waals surface area contributed by atoms with Gasteiger partial charge in [-0.15, -0.1) is 0 Å². The van der Waals surface area contributed by atoms with E-state index in [1.54, 1.807) is 17.1 Å². The highest BCUT2D eigenvalue weighted by Crippen LogP contribution is 2.23. The van der Waals surface area contributed by atoms with Crippen LogP contribution in [0.2, 0.25) is 0 Å². The number of hydrazone groups is 2. The van der Waals surface area contributed by atoms with E-state index >= 15 is 0 Å². The van der Waals surface area contributed by atoms with Gasteiger partial charge in [0.1, 0.15) is 17.7 Å². The summed E-state index contributed by atoms with van der Waals surface area (Å²) in [6, 6.07) is 5.79. The molecule has 3 rings (SSSR count). The van der Waals surface area contributed by atoms with Crippen molar-refractivity contribution in [2.24, 2.45) is 10.2 Å². The van der Waals surface area contributed by atoms with Gasteiger partial charge in [0, 0.05) is 12.8 Å². The van der Waals surface area contributed by atoms with Crippen molar-refractivity contribution in [2.45, 2.75) is 25.8 Å². The SMILES string of the molecule is CCC1=NNC(=O)C2CC(c3ccc(F)cc3)=NN12. The first-order valence-corrected chi connectivity index (χ1v) is 6.18. The van der Waals surface area contributed by atoms with Crippen molar-refractivity contribution >= 4 is 17.5 Å². The zero-order valence-electron chi connectivity index (χ0n) is 10.4. The molecule has 1 unspecified atom stereocenters. The average Bonchev–Trinajstić information content (AvgIpc) is 2.86. The first-order chi connectivity index (χ1) is 9.19. The summed E-state index contributed by atoms with van der Waals surface area (Å²) < 4.78 is 12.9. The third-order valence-electron chi connectivity index (χ3n) is 3.27. The van der Waals surface area contributed by atoms with Crippen molar-refractivity contribution < 1.29 is 9.18 Å². The van der Waals surface area contributed by atoms with Crippen LogP contribution in [0.4, 0.5) is 4.39 Å². The lowest BCUT2D eigenvalue weighted by Crippen LogP contribution is -2.48. The van der Waals surface area contributed by atoms with Crippen LogP contribution in [-0.2, 0) is 4.79 Å². The molecule has 0 spiro atoms. The van der Waals surface area contributed by atoms with Gasteiger partial charge in [-0.2, -0.15) is 10.2 Å². The molecule has 1 amide bonds. The maximum absolute atomic E-state index is 12.9. The number of carbonyl (C=O) groups is 1. The van der Waals surface area contributed by atoms with Crippen molar-refractivity contribution in [1.82, 2.24) is 10.4 Å². The van der Waals surface area contributed by atoms with Gasteiger partial charge < -0.3 is 0 Å². The summed E-state index contributed by atoms with van der Waals surface area (Å²) in [4.78, 5) is 11.8. The average molecular weight is 260 g/mol. The van der Waals surface area contributed by atoms with Crippen molar-refractivity contribution in [3.8, 4) is 0 Å². The second kappa shape index (κ2) is 4.46. The lowest BCUT2D eigenvalue weighted by Gasteiger charge is -2.26. The normalized spacial score (nSPS) is 21.7. The molecular formula is C13H13FN4O. The summed E-state index contributed by atoms with van der Waals surface area (Å²) in [5.41, 5.74) is 4.12. The van der Waals surface area contributed by atoms with Crippen LogP contribution in [0.1, 0.15) is 25.3 Å². The van der Waals surface area contributed by atoms with E-state index in [1.165, 1.54) is 12.1 Å². The number of nitrogens with zero attached hydrogens (tertiary/aromatic N) is 3. The molecule has 0 bridgehead atoms. The van der Waals surface area contributed by atoms with Crippen molar-refractivity contribution in [3.05, 3.63) is 35.6 Å². The number of benzene rings is 1. The predicted molar refractivity (Wildman–Crippen MR) is 69.0 cm³/mol. The fourth-order valence-corrected chi connectivity index (χ4v) is 2.26. The van der Waals surface area contributed by atoms with Crippen LogP contribution < -0.4 is 5.43 Å². The molecule has 2 heterocycles. The summed E-state index contributed by atoms with van der Waals surface area (Å²) in [6.07, 6.45) is 1.20. The van der Waals surface area contributed by atoms with Gasteiger partial charge >= 0.3 is 0 Å². The molecule has 0 radical (unpaired) electrons. The Balaban J connectivity index is 1.93.